The first kappa shape index (κ1) is 16.3. The maximum Gasteiger partial charge on any atom is 0.0752 e. The van der Waals surface area contributed by atoms with Crippen LogP contribution in [0.3, 0.4) is 0 Å². The van der Waals surface area contributed by atoms with Crippen molar-refractivity contribution in [2.24, 2.45) is 17.8 Å². The third kappa shape index (κ3) is 3.06. The Kier molecular flexibility index (Phi) is 5.53. The van der Waals surface area contributed by atoms with E-state index in [2.05, 4.69) is 32.6 Å². The highest BCUT2D eigenvalue weighted by atomic mass is 16.3. The highest BCUT2D eigenvalue weighted by Gasteiger charge is 2.48. The van der Waals surface area contributed by atoms with E-state index >= 15 is 0 Å². The largest absolute Gasteiger partial charge is 0.391 e. The maximum absolute atomic E-state index is 11.3. The normalized spacial score (nSPS) is 35.4. The molecule has 2 aliphatic rings. The highest BCUT2D eigenvalue weighted by Crippen LogP contribution is 2.45. The van der Waals surface area contributed by atoms with Gasteiger partial charge in [0.2, 0.25) is 0 Å². The predicted octanol–water partition coefficient (Wildman–Crippen LogP) is 4.07. The molecule has 2 aliphatic carbocycles. The maximum atomic E-state index is 11.3. The number of hydrogen-bond donors (Lipinski definition) is 1. The van der Waals surface area contributed by atoms with Crippen molar-refractivity contribution in [2.75, 3.05) is 13.1 Å². The molecule has 2 heteroatoms. The van der Waals surface area contributed by atoms with E-state index in [-0.39, 0.29) is 11.6 Å². The zero-order valence-electron chi connectivity index (χ0n) is 14.1. The first-order valence-corrected chi connectivity index (χ1v) is 8.96. The van der Waals surface area contributed by atoms with E-state index in [1.54, 1.807) is 0 Å². The number of hydrogen-bond acceptors (Lipinski definition) is 2. The summed E-state index contributed by atoms with van der Waals surface area (Å²) < 4.78 is 0. The van der Waals surface area contributed by atoms with Gasteiger partial charge in [-0.1, -0.05) is 40.5 Å². The van der Waals surface area contributed by atoms with Crippen LogP contribution in [-0.2, 0) is 0 Å². The second-order valence-corrected chi connectivity index (χ2v) is 7.61. The Morgan fingerprint density at radius 2 is 1.50 bits per heavy atom. The number of likely N-dealkylation sites (N-methyl/N-ethyl adjacent to an activating group) is 1. The van der Waals surface area contributed by atoms with Crippen LogP contribution in [0.1, 0.15) is 72.6 Å². The van der Waals surface area contributed by atoms with Gasteiger partial charge in [0, 0.05) is 5.54 Å². The van der Waals surface area contributed by atoms with Crippen LogP contribution in [0.4, 0.5) is 0 Å². The van der Waals surface area contributed by atoms with Crippen LogP contribution in [0.15, 0.2) is 0 Å². The van der Waals surface area contributed by atoms with Crippen LogP contribution in [0.25, 0.3) is 0 Å². The fourth-order valence-corrected chi connectivity index (χ4v) is 5.35. The summed E-state index contributed by atoms with van der Waals surface area (Å²) in [5.41, 5.74) is 0.0882. The van der Waals surface area contributed by atoms with E-state index in [0.29, 0.717) is 5.92 Å². The van der Waals surface area contributed by atoms with Gasteiger partial charge in [-0.15, -0.1) is 0 Å². The molecule has 20 heavy (non-hydrogen) atoms. The van der Waals surface area contributed by atoms with Gasteiger partial charge in [0.15, 0.2) is 0 Å². The van der Waals surface area contributed by atoms with Crippen molar-refractivity contribution in [1.29, 1.82) is 0 Å². The van der Waals surface area contributed by atoms with Crippen LogP contribution in [-0.4, -0.2) is 34.7 Å². The van der Waals surface area contributed by atoms with Gasteiger partial charge in [0.05, 0.1) is 6.10 Å². The number of rotatable bonds is 5. The van der Waals surface area contributed by atoms with E-state index in [9.17, 15) is 5.11 Å². The molecule has 118 valence electrons. The Morgan fingerprint density at radius 1 is 1.00 bits per heavy atom. The Hall–Kier alpha value is -0.0800. The molecule has 2 fully saturated rings. The lowest BCUT2D eigenvalue weighted by Gasteiger charge is -2.48. The van der Waals surface area contributed by atoms with Gasteiger partial charge >= 0.3 is 0 Å². The molecule has 3 atom stereocenters. The highest BCUT2D eigenvalue weighted by molar-refractivity contribution is 5.03. The average Bonchev–Trinajstić information content (AvgIpc) is 2.89. The molecular formula is C18H35NO. The third-order valence-corrected chi connectivity index (χ3v) is 6.07. The van der Waals surface area contributed by atoms with Crippen LogP contribution < -0.4 is 0 Å². The van der Waals surface area contributed by atoms with Crippen molar-refractivity contribution >= 4 is 0 Å². The summed E-state index contributed by atoms with van der Waals surface area (Å²) in [6, 6.07) is 0. The van der Waals surface area contributed by atoms with Gasteiger partial charge in [-0.05, 0) is 62.9 Å². The summed E-state index contributed by atoms with van der Waals surface area (Å²) >= 11 is 0. The topological polar surface area (TPSA) is 23.5 Å². The fraction of sp³-hybridized carbons (Fsp3) is 1.00. The van der Waals surface area contributed by atoms with Crippen molar-refractivity contribution in [3.8, 4) is 0 Å². The van der Waals surface area contributed by atoms with Crippen LogP contribution in [0.2, 0.25) is 0 Å². The van der Waals surface area contributed by atoms with E-state index in [1.165, 1.54) is 44.9 Å². The lowest BCUT2D eigenvalue weighted by atomic mass is 9.69. The minimum Gasteiger partial charge on any atom is -0.391 e. The molecule has 2 saturated carbocycles. The van der Waals surface area contributed by atoms with Crippen molar-refractivity contribution in [3.63, 3.8) is 0 Å². The minimum atomic E-state index is -0.116. The molecule has 0 aromatic rings. The SMILES string of the molecule is CCN(CC)C1(C(O)C2CC(C)CC(C)C2)CCCC1. The summed E-state index contributed by atoms with van der Waals surface area (Å²) in [5.74, 6) is 2.09. The van der Waals surface area contributed by atoms with Gasteiger partial charge in [-0.2, -0.15) is 0 Å². The first-order valence-electron chi connectivity index (χ1n) is 8.96. The monoisotopic (exact) mass is 281 g/mol. The quantitative estimate of drug-likeness (QED) is 0.821. The summed E-state index contributed by atoms with van der Waals surface area (Å²) in [7, 11) is 0. The first-order chi connectivity index (χ1) is 9.53. The number of aliphatic hydroxyl groups excluding tert-OH is 1. The van der Waals surface area contributed by atoms with Gasteiger partial charge in [0.25, 0.3) is 0 Å². The van der Waals surface area contributed by atoms with Crippen molar-refractivity contribution in [2.45, 2.75) is 84.3 Å². The Labute approximate surface area is 125 Å². The minimum absolute atomic E-state index is 0.0882. The third-order valence-electron chi connectivity index (χ3n) is 6.07. The summed E-state index contributed by atoms with van der Waals surface area (Å²) in [6.07, 6.45) is 8.70. The molecule has 0 amide bonds. The van der Waals surface area contributed by atoms with Crippen molar-refractivity contribution in [1.82, 2.24) is 4.90 Å². The molecule has 3 unspecified atom stereocenters. The second-order valence-electron chi connectivity index (χ2n) is 7.61. The second kappa shape index (κ2) is 6.79. The van der Waals surface area contributed by atoms with Crippen molar-refractivity contribution < 1.29 is 5.11 Å². The molecule has 0 aliphatic heterocycles. The lowest BCUT2D eigenvalue weighted by Crippen LogP contribution is -2.58. The molecule has 2 nitrogen and oxygen atoms in total. The molecule has 1 N–H and O–H groups in total. The molecular weight excluding hydrogens is 246 g/mol. The summed E-state index contributed by atoms with van der Waals surface area (Å²) in [5, 5.41) is 11.3. The van der Waals surface area contributed by atoms with Gasteiger partial charge in [0.1, 0.15) is 0 Å². The zero-order chi connectivity index (χ0) is 14.8. The fourth-order valence-electron chi connectivity index (χ4n) is 5.35. The average molecular weight is 281 g/mol. The Bertz CT molecular complexity index is 284. The molecule has 2 rings (SSSR count). The predicted molar refractivity (Wildman–Crippen MR) is 85.8 cm³/mol. The van der Waals surface area contributed by atoms with Crippen LogP contribution in [0.5, 0.6) is 0 Å². The summed E-state index contributed by atoms with van der Waals surface area (Å²) in [4.78, 5) is 2.56. The van der Waals surface area contributed by atoms with Gasteiger partial charge in [-0.25, -0.2) is 0 Å². The Balaban J connectivity index is 2.16. The van der Waals surface area contributed by atoms with E-state index in [1.807, 2.05) is 0 Å². The smallest absolute Gasteiger partial charge is 0.0752 e. The van der Waals surface area contributed by atoms with Crippen LogP contribution in [0, 0.1) is 17.8 Å². The van der Waals surface area contributed by atoms with E-state index < -0.39 is 0 Å². The van der Waals surface area contributed by atoms with Gasteiger partial charge < -0.3 is 5.11 Å². The molecule has 0 bridgehead atoms. The number of nitrogens with zero attached hydrogens (tertiary/aromatic N) is 1. The zero-order valence-corrected chi connectivity index (χ0v) is 14.1. The van der Waals surface area contributed by atoms with Crippen molar-refractivity contribution in [3.05, 3.63) is 0 Å². The molecule has 0 saturated heterocycles. The molecule has 0 radical (unpaired) electrons. The van der Waals surface area contributed by atoms with E-state index in [0.717, 1.165) is 24.9 Å². The Morgan fingerprint density at radius 3 is 1.95 bits per heavy atom. The molecule has 0 aromatic carbocycles. The molecule has 0 aromatic heterocycles. The molecule has 0 spiro atoms. The van der Waals surface area contributed by atoms with Crippen LogP contribution >= 0.6 is 0 Å². The van der Waals surface area contributed by atoms with E-state index in [4.69, 9.17) is 0 Å². The van der Waals surface area contributed by atoms with Gasteiger partial charge in [-0.3, -0.25) is 4.90 Å². The molecule has 0 heterocycles. The lowest BCUT2D eigenvalue weighted by molar-refractivity contribution is -0.0721. The number of aliphatic hydroxyl groups is 1. The summed E-state index contributed by atoms with van der Waals surface area (Å²) in [6.45, 7) is 11.4. The standard InChI is InChI=1S/C18H35NO/c1-5-19(6-2)18(9-7-8-10-18)17(20)16-12-14(3)11-15(4)13-16/h14-17,20H,5-13H2,1-4H3.